The summed E-state index contributed by atoms with van der Waals surface area (Å²) in [6, 6.07) is 3.08. The Kier molecular flexibility index (Phi) is 4.17. The minimum atomic E-state index is -1.24. The lowest BCUT2D eigenvalue weighted by atomic mass is 10.1. The molecular formula is C11H13FN2O3. The second-order valence-corrected chi connectivity index (χ2v) is 3.62. The molecule has 0 aliphatic carbocycles. The monoisotopic (exact) mass is 240 g/mol. The van der Waals surface area contributed by atoms with E-state index in [0.717, 1.165) is 18.2 Å². The van der Waals surface area contributed by atoms with Gasteiger partial charge in [-0.05, 0) is 18.2 Å². The summed E-state index contributed by atoms with van der Waals surface area (Å²) in [5, 5.41) is 11.2. The van der Waals surface area contributed by atoms with Crippen molar-refractivity contribution in [1.29, 1.82) is 0 Å². The van der Waals surface area contributed by atoms with Crippen LogP contribution in [0.5, 0.6) is 0 Å². The number of nitrogens with two attached hydrogens (primary N) is 1. The standard InChI is InChI=1S/C11H13FN2O3/c1-6(5-13)10(15)14-9-4-7(12)2-3-8(9)11(16)17/h2-4,6H,5,13H2,1H3,(H,14,15)(H,16,17). The number of hydrogen-bond donors (Lipinski definition) is 3. The summed E-state index contributed by atoms with van der Waals surface area (Å²) in [5.41, 5.74) is 5.07. The summed E-state index contributed by atoms with van der Waals surface area (Å²) in [5.74, 6) is -2.77. The Morgan fingerprint density at radius 3 is 2.71 bits per heavy atom. The fourth-order valence-corrected chi connectivity index (χ4v) is 1.17. The van der Waals surface area contributed by atoms with Crippen LogP contribution in [0.3, 0.4) is 0 Å². The molecule has 6 heteroatoms. The van der Waals surface area contributed by atoms with E-state index in [0.29, 0.717) is 0 Å². The summed E-state index contributed by atoms with van der Waals surface area (Å²) in [6.45, 7) is 1.72. The molecule has 1 rings (SSSR count). The number of aromatic carboxylic acids is 1. The molecule has 0 radical (unpaired) electrons. The van der Waals surface area contributed by atoms with Gasteiger partial charge in [-0.25, -0.2) is 9.18 Å². The Labute approximate surface area is 97.4 Å². The van der Waals surface area contributed by atoms with Crippen molar-refractivity contribution in [3.8, 4) is 0 Å². The Morgan fingerprint density at radius 2 is 2.18 bits per heavy atom. The van der Waals surface area contributed by atoms with Crippen LogP contribution in [0.15, 0.2) is 18.2 Å². The summed E-state index contributed by atoms with van der Waals surface area (Å²) in [4.78, 5) is 22.4. The number of anilines is 1. The van der Waals surface area contributed by atoms with Gasteiger partial charge in [0.1, 0.15) is 5.82 Å². The van der Waals surface area contributed by atoms with Gasteiger partial charge in [-0.15, -0.1) is 0 Å². The lowest BCUT2D eigenvalue weighted by Gasteiger charge is -2.11. The van der Waals surface area contributed by atoms with Crippen LogP contribution < -0.4 is 11.1 Å². The SMILES string of the molecule is CC(CN)C(=O)Nc1cc(F)ccc1C(=O)O. The number of halogens is 1. The maximum Gasteiger partial charge on any atom is 0.337 e. The van der Waals surface area contributed by atoms with Crippen molar-refractivity contribution in [2.75, 3.05) is 11.9 Å². The first-order valence-corrected chi connectivity index (χ1v) is 4.99. The molecule has 0 fully saturated rings. The van der Waals surface area contributed by atoms with Gasteiger partial charge in [-0.1, -0.05) is 6.92 Å². The fraction of sp³-hybridized carbons (Fsp3) is 0.273. The molecule has 5 nitrogen and oxygen atoms in total. The number of hydrogen-bond acceptors (Lipinski definition) is 3. The van der Waals surface area contributed by atoms with Crippen molar-refractivity contribution in [1.82, 2.24) is 0 Å². The van der Waals surface area contributed by atoms with Crippen LogP contribution in [-0.4, -0.2) is 23.5 Å². The smallest absolute Gasteiger partial charge is 0.337 e. The molecule has 0 saturated carbocycles. The molecule has 0 bridgehead atoms. The van der Waals surface area contributed by atoms with Crippen molar-refractivity contribution in [3.05, 3.63) is 29.6 Å². The van der Waals surface area contributed by atoms with Crippen LogP contribution in [-0.2, 0) is 4.79 Å². The van der Waals surface area contributed by atoms with Crippen molar-refractivity contribution >= 4 is 17.6 Å². The largest absolute Gasteiger partial charge is 0.478 e. The highest BCUT2D eigenvalue weighted by molar-refractivity contribution is 6.01. The highest BCUT2D eigenvalue weighted by atomic mass is 19.1. The van der Waals surface area contributed by atoms with Crippen molar-refractivity contribution in [3.63, 3.8) is 0 Å². The van der Waals surface area contributed by atoms with E-state index in [2.05, 4.69) is 5.32 Å². The first kappa shape index (κ1) is 13.1. The van der Waals surface area contributed by atoms with Crippen LogP contribution in [0.1, 0.15) is 17.3 Å². The topological polar surface area (TPSA) is 92.4 Å². The van der Waals surface area contributed by atoms with E-state index in [-0.39, 0.29) is 17.8 Å². The lowest BCUT2D eigenvalue weighted by Crippen LogP contribution is -2.27. The third-order valence-corrected chi connectivity index (χ3v) is 2.27. The van der Waals surface area contributed by atoms with Gasteiger partial charge in [0, 0.05) is 12.5 Å². The summed E-state index contributed by atoms with van der Waals surface area (Å²) >= 11 is 0. The van der Waals surface area contributed by atoms with Crippen molar-refractivity contribution in [2.45, 2.75) is 6.92 Å². The first-order chi connectivity index (χ1) is 7.95. The van der Waals surface area contributed by atoms with E-state index in [1.165, 1.54) is 0 Å². The molecule has 1 aromatic rings. The minimum Gasteiger partial charge on any atom is -0.478 e. The van der Waals surface area contributed by atoms with Gasteiger partial charge in [-0.2, -0.15) is 0 Å². The molecule has 1 unspecified atom stereocenters. The molecule has 1 amide bonds. The zero-order chi connectivity index (χ0) is 13.0. The van der Waals surface area contributed by atoms with Crippen LogP contribution in [0, 0.1) is 11.7 Å². The first-order valence-electron chi connectivity index (χ1n) is 4.99. The molecule has 0 spiro atoms. The van der Waals surface area contributed by atoms with E-state index < -0.39 is 23.6 Å². The highest BCUT2D eigenvalue weighted by Crippen LogP contribution is 2.18. The maximum atomic E-state index is 13.0. The van der Waals surface area contributed by atoms with E-state index in [1.807, 2.05) is 0 Å². The molecule has 0 aliphatic rings. The Balaban J connectivity index is 3.00. The minimum absolute atomic E-state index is 0.0669. The average molecular weight is 240 g/mol. The Bertz CT molecular complexity index is 448. The highest BCUT2D eigenvalue weighted by Gasteiger charge is 2.16. The zero-order valence-corrected chi connectivity index (χ0v) is 9.24. The van der Waals surface area contributed by atoms with E-state index >= 15 is 0 Å². The molecule has 0 aromatic heterocycles. The molecule has 1 aromatic carbocycles. The molecule has 0 saturated heterocycles. The van der Waals surface area contributed by atoms with Gasteiger partial charge in [0.05, 0.1) is 11.3 Å². The number of amides is 1. The second kappa shape index (κ2) is 5.40. The van der Waals surface area contributed by atoms with Gasteiger partial charge < -0.3 is 16.2 Å². The molecular weight excluding hydrogens is 227 g/mol. The molecule has 17 heavy (non-hydrogen) atoms. The quantitative estimate of drug-likeness (QED) is 0.733. The van der Waals surface area contributed by atoms with E-state index in [4.69, 9.17) is 10.8 Å². The molecule has 0 aliphatic heterocycles. The fourth-order valence-electron chi connectivity index (χ4n) is 1.17. The number of nitrogens with one attached hydrogen (secondary N) is 1. The van der Waals surface area contributed by atoms with Crippen LogP contribution in [0.25, 0.3) is 0 Å². The number of rotatable bonds is 4. The van der Waals surface area contributed by atoms with Gasteiger partial charge in [0.2, 0.25) is 5.91 Å². The zero-order valence-electron chi connectivity index (χ0n) is 9.24. The summed E-state index contributed by atoms with van der Waals surface area (Å²) < 4.78 is 13.0. The van der Waals surface area contributed by atoms with Gasteiger partial charge >= 0.3 is 5.97 Å². The Morgan fingerprint density at radius 1 is 1.53 bits per heavy atom. The van der Waals surface area contributed by atoms with Gasteiger partial charge in [0.25, 0.3) is 0 Å². The normalized spacial score (nSPS) is 11.9. The average Bonchev–Trinajstić information content (AvgIpc) is 2.27. The third-order valence-electron chi connectivity index (χ3n) is 2.27. The summed E-state index contributed by atoms with van der Waals surface area (Å²) in [7, 11) is 0. The second-order valence-electron chi connectivity index (χ2n) is 3.62. The van der Waals surface area contributed by atoms with E-state index in [9.17, 15) is 14.0 Å². The number of benzene rings is 1. The number of carbonyl (C=O) groups is 2. The predicted octanol–water partition coefficient (Wildman–Crippen LogP) is 1.06. The van der Waals surface area contributed by atoms with Crippen molar-refractivity contribution < 1.29 is 19.1 Å². The molecule has 1 atom stereocenters. The molecule has 0 heterocycles. The third kappa shape index (κ3) is 3.25. The predicted molar refractivity (Wildman–Crippen MR) is 60.2 cm³/mol. The number of carboxylic acid groups (broad SMARTS) is 1. The number of carboxylic acids is 1. The number of carbonyl (C=O) groups excluding carboxylic acids is 1. The van der Waals surface area contributed by atoms with Gasteiger partial charge in [-0.3, -0.25) is 4.79 Å². The van der Waals surface area contributed by atoms with E-state index in [1.54, 1.807) is 6.92 Å². The maximum absolute atomic E-state index is 13.0. The van der Waals surface area contributed by atoms with Crippen molar-refractivity contribution in [2.24, 2.45) is 11.7 Å². The van der Waals surface area contributed by atoms with Gasteiger partial charge in [0.15, 0.2) is 0 Å². The summed E-state index contributed by atoms with van der Waals surface area (Å²) in [6.07, 6.45) is 0. The van der Waals surface area contributed by atoms with Crippen LogP contribution >= 0.6 is 0 Å². The lowest BCUT2D eigenvalue weighted by molar-refractivity contribution is -0.119. The Hall–Kier alpha value is -1.95. The molecule has 4 N–H and O–H groups in total. The van der Waals surface area contributed by atoms with Crippen LogP contribution in [0.4, 0.5) is 10.1 Å². The molecule has 92 valence electrons. The van der Waals surface area contributed by atoms with Crippen LogP contribution in [0.2, 0.25) is 0 Å².